The first-order valence-electron chi connectivity index (χ1n) is 5.89. The number of benzene rings is 2. The average Bonchev–Trinajstić information content (AvgIpc) is 2.78. The summed E-state index contributed by atoms with van der Waals surface area (Å²) in [5.41, 5.74) is 7.36. The molecule has 0 spiro atoms. The second-order valence-corrected chi connectivity index (χ2v) is 5.21. The van der Waals surface area contributed by atoms with Crippen molar-refractivity contribution in [3.05, 3.63) is 59.5 Å². The highest BCUT2D eigenvalue weighted by molar-refractivity contribution is 7.21. The fourth-order valence-electron chi connectivity index (χ4n) is 1.94. The lowest BCUT2D eigenvalue weighted by Gasteiger charge is -2.03. The van der Waals surface area contributed by atoms with Crippen molar-refractivity contribution in [2.75, 3.05) is 11.1 Å². The third-order valence-corrected chi connectivity index (χ3v) is 4.06. The van der Waals surface area contributed by atoms with Crippen LogP contribution in [0.4, 0.5) is 11.4 Å². The molecule has 0 bridgehead atoms. The molecule has 3 N–H and O–H groups in total. The Bertz CT molecular complexity index is 734. The van der Waals surface area contributed by atoms with E-state index < -0.39 is 0 Å². The minimum absolute atomic E-state index is 0.162. The Morgan fingerprint density at radius 1 is 1.00 bits per heavy atom. The Kier molecular flexibility index (Phi) is 2.93. The Morgan fingerprint density at radius 2 is 1.68 bits per heavy atom. The molecule has 0 aliphatic carbocycles. The number of carbonyl (C=O) groups is 1. The summed E-state index contributed by atoms with van der Waals surface area (Å²) >= 11 is 1.41. The number of thiophene rings is 1. The van der Waals surface area contributed by atoms with Gasteiger partial charge in [-0.3, -0.25) is 4.79 Å². The SMILES string of the molecule is Nc1c(C(=O)Nc2ccccc2)sc2ccccc12. The van der Waals surface area contributed by atoms with Crippen LogP contribution < -0.4 is 11.1 Å². The van der Waals surface area contributed by atoms with Gasteiger partial charge in [-0.05, 0) is 18.2 Å². The van der Waals surface area contributed by atoms with Crippen LogP contribution in [0, 0.1) is 0 Å². The lowest BCUT2D eigenvalue weighted by molar-refractivity contribution is 0.103. The summed E-state index contributed by atoms with van der Waals surface area (Å²) < 4.78 is 1.03. The standard InChI is InChI=1S/C15H12N2OS/c16-13-11-8-4-5-9-12(11)19-14(13)15(18)17-10-6-2-1-3-7-10/h1-9H,16H2,(H,17,18). The van der Waals surface area contributed by atoms with Crippen LogP contribution in [0.15, 0.2) is 54.6 Å². The van der Waals surface area contributed by atoms with Crippen LogP contribution in [0.5, 0.6) is 0 Å². The van der Waals surface area contributed by atoms with Gasteiger partial charge in [-0.25, -0.2) is 0 Å². The molecule has 2 aromatic carbocycles. The zero-order chi connectivity index (χ0) is 13.2. The number of hydrogen-bond acceptors (Lipinski definition) is 3. The first-order chi connectivity index (χ1) is 9.25. The maximum atomic E-state index is 12.2. The molecule has 0 radical (unpaired) electrons. The Hall–Kier alpha value is -2.33. The van der Waals surface area contributed by atoms with E-state index in [1.165, 1.54) is 11.3 Å². The Balaban J connectivity index is 1.96. The van der Waals surface area contributed by atoms with Gasteiger partial charge in [0.15, 0.2) is 0 Å². The summed E-state index contributed by atoms with van der Waals surface area (Å²) in [6.45, 7) is 0. The summed E-state index contributed by atoms with van der Waals surface area (Å²) in [6, 6.07) is 17.1. The van der Waals surface area contributed by atoms with Crippen LogP contribution in [0.3, 0.4) is 0 Å². The molecule has 94 valence electrons. The number of rotatable bonds is 2. The molecule has 19 heavy (non-hydrogen) atoms. The molecule has 0 aliphatic heterocycles. The van der Waals surface area contributed by atoms with Gasteiger partial charge in [-0.1, -0.05) is 36.4 Å². The molecule has 0 saturated carbocycles. The van der Waals surface area contributed by atoms with Crippen molar-refractivity contribution in [3.8, 4) is 0 Å². The van der Waals surface area contributed by atoms with E-state index in [2.05, 4.69) is 5.32 Å². The summed E-state index contributed by atoms with van der Waals surface area (Å²) in [7, 11) is 0. The summed E-state index contributed by atoms with van der Waals surface area (Å²) in [5.74, 6) is -0.162. The Morgan fingerprint density at radius 3 is 2.42 bits per heavy atom. The minimum atomic E-state index is -0.162. The number of anilines is 2. The van der Waals surface area contributed by atoms with E-state index in [1.807, 2.05) is 54.6 Å². The van der Waals surface area contributed by atoms with Gasteiger partial charge >= 0.3 is 0 Å². The van der Waals surface area contributed by atoms with E-state index in [4.69, 9.17) is 5.73 Å². The summed E-state index contributed by atoms with van der Waals surface area (Å²) in [5, 5.41) is 3.79. The quantitative estimate of drug-likeness (QED) is 0.744. The predicted molar refractivity (Wildman–Crippen MR) is 80.6 cm³/mol. The summed E-state index contributed by atoms with van der Waals surface area (Å²) in [6.07, 6.45) is 0. The van der Waals surface area contributed by atoms with Gasteiger partial charge in [0.2, 0.25) is 0 Å². The highest BCUT2D eigenvalue weighted by Gasteiger charge is 2.15. The average molecular weight is 268 g/mol. The number of hydrogen-bond donors (Lipinski definition) is 2. The second-order valence-electron chi connectivity index (χ2n) is 4.16. The van der Waals surface area contributed by atoms with Crippen LogP contribution in [0.2, 0.25) is 0 Å². The summed E-state index contributed by atoms with van der Waals surface area (Å²) in [4.78, 5) is 12.8. The van der Waals surface area contributed by atoms with Crippen molar-refractivity contribution in [1.82, 2.24) is 0 Å². The van der Waals surface area contributed by atoms with Crippen molar-refractivity contribution in [3.63, 3.8) is 0 Å². The number of carbonyl (C=O) groups excluding carboxylic acids is 1. The predicted octanol–water partition coefficient (Wildman–Crippen LogP) is 3.74. The smallest absolute Gasteiger partial charge is 0.267 e. The van der Waals surface area contributed by atoms with E-state index in [9.17, 15) is 4.79 Å². The zero-order valence-electron chi connectivity index (χ0n) is 10.1. The fourth-order valence-corrected chi connectivity index (χ4v) is 2.96. The molecular weight excluding hydrogens is 256 g/mol. The van der Waals surface area contributed by atoms with Crippen LogP contribution in [0.25, 0.3) is 10.1 Å². The van der Waals surface area contributed by atoms with E-state index in [1.54, 1.807) is 0 Å². The maximum Gasteiger partial charge on any atom is 0.267 e. The second kappa shape index (κ2) is 4.74. The van der Waals surface area contributed by atoms with Crippen molar-refractivity contribution in [2.45, 2.75) is 0 Å². The first-order valence-corrected chi connectivity index (χ1v) is 6.71. The van der Waals surface area contributed by atoms with Crippen LogP contribution in [0.1, 0.15) is 9.67 Å². The molecule has 0 aliphatic rings. The van der Waals surface area contributed by atoms with E-state index in [-0.39, 0.29) is 5.91 Å². The number of amides is 1. The third kappa shape index (κ3) is 2.18. The number of nitrogens with two attached hydrogens (primary N) is 1. The van der Waals surface area contributed by atoms with Gasteiger partial charge < -0.3 is 11.1 Å². The van der Waals surface area contributed by atoms with Crippen molar-refractivity contribution in [1.29, 1.82) is 0 Å². The molecule has 1 amide bonds. The molecule has 4 heteroatoms. The minimum Gasteiger partial charge on any atom is -0.397 e. The van der Waals surface area contributed by atoms with Gasteiger partial charge in [-0.15, -0.1) is 11.3 Å². The van der Waals surface area contributed by atoms with Gasteiger partial charge in [0, 0.05) is 15.8 Å². The van der Waals surface area contributed by atoms with Gasteiger partial charge in [0.25, 0.3) is 5.91 Å². The van der Waals surface area contributed by atoms with Crippen molar-refractivity contribution in [2.24, 2.45) is 0 Å². The molecule has 3 nitrogen and oxygen atoms in total. The molecule has 1 aromatic heterocycles. The molecule has 3 aromatic rings. The maximum absolute atomic E-state index is 12.2. The molecule has 0 unspecified atom stereocenters. The molecule has 1 heterocycles. The normalized spacial score (nSPS) is 10.5. The van der Waals surface area contributed by atoms with E-state index in [0.29, 0.717) is 10.6 Å². The van der Waals surface area contributed by atoms with Crippen molar-refractivity contribution < 1.29 is 4.79 Å². The Labute approximate surface area is 114 Å². The molecule has 0 saturated heterocycles. The van der Waals surface area contributed by atoms with Gasteiger partial charge in [-0.2, -0.15) is 0 Å². The van der Waals surface area contributed by atoms with Crippen LogP contribution in [-0.4, -0.2) is 5.91 Å². The number of fused-ring (bicyclic) bond motifs is 1. The lowest BCUT2D eigenvalue weighted by atomic mass is 10.2. The number of nitrogens with one attached hydrogen (secondary N) is 1. The lowest BCUT2D eigenvalue weighted by Crippen LogP contribution is -2.11. The molecule has 3 rings (SSSR count). The largest absolute Gasteiger partial charge is 0.397 e. The highest BCUT2D eigenvalue weighted by Crippen LogP contribution is 2.33. The van der Waals surface area contributed by atoms with Crippen LogP contribution >= 0.6 is 11.3 Å². The van der Waals surface area contributed by atoms with Gasteiger partial charge in [0.1, 0.15) is 4.88 Å². The van der Waals surface area contributed by atoms with E-state index >= 15 is 0 Å². The van der Waals surface area contributed by atoms with E-state index in [0.717, 1.165) is 15.8 Å². The number of para-hydroxylation sites is 1. The monoisotopic (exact) mass is 268 g/mol. The fraction of sp³-hybridized carbons (Fsp3) is 0. The number of nitrogen functional groups attached to an aromatic ring is 1. The third-order valence-electron chi connectivity index (χ3n) is 2.87. The first kappa shape index (κ1) is 11.7. The van der Waals surface area contributed by atoms with Gasteiger partial charge in [0.05, 0.1) is 5.69 Å². The van der Waals surface area contributed by atoms with Crippen molar-refractivity contribution >= 4 is 38.7 Å². The molecule has 0 atom stereocenters. The zero-order valence-corrected chi connectivity index (χ0v) is 10.9. The molecular formula is C15H12N2OS. The topological polar surface area (TPSA) is 55.1 Å². The van der Waals surface area contributed by atoms with Crippen LogP contribution in [-0.2, 0) is 0 Å². The molecule has 0 fully saturated rings. The highest BCUT2D eigenvalue weighted by atomic mass is 32.1.